The van der Waals surface area contributed by atoms with E-state index >= 15 is 0 Å². The first-order valence-electron chi connectivity index (χ1n) is 9.26. The molecule has 2 aromatic rings. The number of nitrogens with zero attached hydrogens (tertiary/aromatic N) is 4. The van der Waals surface area contributed by atoms with Crippen molar-refractivity contribution in [3.8, 4) is 0 Å². The molecule has 3 rings (SSSR count). The first kappa shape index (κ1) is 18.6. The van der Waals surface area contributed by atoms with Gasteiger partial charge in [-0.25, -0.2) is 0 Å². The first-order chi connectivity index (χ1) is 12.6. The number of aromatic nitrogens is 2. The van der Waals surface area contributed by atoms with Gasteiger partial charge in [0.05, 0.1) is 18.7 Å². The van der Waals surface area contributed by atoms with Crippen molar-refractivity contribution in [1.82, 2.24) is 19.6 Å². The van der Waals surface area contributed by atoms with Crippen molar-refractivity contribution in [2.45, 2.75) is 19.4 Å². The standard InChI is InChI=1S/C20H28N4O2/c1-3-24(9-10-25)20(26)19-15-23(12-16-7-5-4-6-8-16)14-18(19)17-11-21-22(2)13-17/h4-8,11,13,18-19,25H,3,9-10,12,14-15H2,1-2H3/t18-,19+/m1/s1. The van der Waals surface area contributed by atoms with E-state index in [-0.39, 0.29) is 24.3 Å². The largest absolute Gasteiger partial charge is 0.395 e. The van der Waals surface area contributed by atoms with Crippen LogP contribution < -0.4 is 0 Å². The molecule has 0 aliphatic carbocycles. The maximum Gasteiger partial charge on any atom is 0.227 e. The molecule has 1 aliphatic heterocycles. The molecular weight excluding hydrogens is 328 g/mol. The number of hydrogen-bond acceptors (Lipinski definition) is 4. The molecule has 2 atom stereocenters. The Morgan fingerprint density at radius 3 is 2.69 bits per heavy atom. The summed E-state index contributed by atoms with van der Waals surface area (Å²) in [6.07, 6.45) is 3.89. The van der Waals surface area contributed by atoms with Gasteiger partial charge >= 0.3 is 0 Å². The predicted molar refractivity (Wildman–Crippen MR) is 100 cm³/mol. The second kappa shape index (κ2) is 8.47. The number of carbonyl (C=O) groups is 1. The summed E-state index contributed by atoms with van der Waals surface area (Å²) >= 11 is 0. The fourth-order valence-corrected chi connectivity index (χ4v) is 3.85. The number of likely N-dealkylation sites (tertiary alicyclic amines) is 1. The summed E-state index contributed by atoms with van der Waals surface area (Å²) in [5, 5.41) is 13.6. The van der Waals surface area contributed by atoms with Crippen molar-refractivity contribution < 1.29 is 9.90 Å². The van der Waals surface area contributed by atoms with E-state index in [1.807, 2.05) is 44.6 Å². The highest BCUT2D eigenvalue weighted by Crippen LogP contribution is 2.34. The maximum absolute atomic E-state index is 13.1. The summed E-state index contributed by atoms with van der Waals surface area (Å²) in [4.78, 5) is 17.2. The minimum Gasteiger partial charge on any atom is -0.395 e. The number of amides is 1. The van der Waals surface area contributed by atoms with E-state index < -0.39 is 0 Å². The number of rotatable bonds is 7. The van der Waals surface area contributed by atoms with E-state index in [1.165, 1.54) is 5.56 Å². The molecule has 1 saturated heterocycles. The Bertz CT molecular complexity index is 716. The lowest BCUT2D eigenvalue weighted by Crippen LogP contribution is -2.40. The zero-order valence-electron chi connectivity index (χ0n) is 15.6. The highest BCUT2D eigenvalue weighted by molar-refractivity contribution is 5.80. The number of aliphatic hydroxyl groups excluding tert-OH is 1. The lowest BCUT2D eigenvalue weighted by Gasteiger charge is -2.26. The van der Waals surface area contributed by atoms with Gasteiger partial charge in [-0.3, -0.25) is 14.4 Å². The molecule has 26 heavy (non-hydrogen) atoms. The molecule has 0 radical (unpaired) electrons. The van der Waals surface area contributed by atoms with Gasteiger partial charge < -0.3 is 10.0 Å². The second-order valence-corrected chi connectivity index (χ2v) is 6.98. The summed E-state index contributed by atoms with van der Waals surface area (Å²) in [6.45, 7) is 5.38. The smallest absolute Gasteiger partial charge is 0.227 e. The summed E-state index contributed by atoms with van der Waals surface area (Å²) in [7, 11) is 1.90. The molecule has 1 fully saturated rings. The third kappa shape index (κ3) is 4.14. The van der Waals surface area contributed by atoms with Crippen molar-refractivity contribution >= 4 is 5.91 Å². The lowest BCUT2D eigenvalue weighted by atomic mass is 9.90. The first-order valence-corrected chi connectivity index (χ1v) is 9.26. The highest BCUT2D eigenvalue weighted by atomic mass is 16.3. The van der Waals surface area contributed by atoms with Crippen LogP contribution in [0.2, 0.25) is 0 Å². The van der Waals surface area contributed by atoms with Gasteiger partial charge in [-0.2, -0.15) is 5.10 Å². The molecule has 2 heterocycles. The van der Waals surface area contributed by atoms with Crippen molar-refractivity contribution in [3.05, 3.63) is 53.9 Å². The van der Waals surface area contributed by atoms with Gasteiger partial charge in [0.25, 0.3) is 0 Å². The van der Waals surface area contributed by atoms with Gasteiger partial charge in [0.2, 0.25) is 5.91 Å². The van der Waals surface area contributed by atoms with Crippen LogP contribution in [0.4, 0.5) is 0 Å². The van der Waals surface area contributed by atoms with Crippen molar-refractivity contribution in [2.75, 3.05) is 32.8 Å². The van der Waals surface area contributed by atoms with Crippen LogP contribution in [0.1, 0.15) is 24.0 Å². The second-order valence-electron chi connectivity index (χ2n) is 6.98. The van der Waals surface area contributed by atoms with Crippen LogP contribution in [0.5, 0.6) is 0 Å². The van der Waals surface area contributed by atoms with Gasteiger partial charge in [-0.05, 0) is 18.1 Å². The van der Waals surface area contributed by atoms with Crippen molar-refractivity contribution in [3.63, 3.8) is 0 Å². The number of aliphatic hydroxyl groups is 1. The van der Waals surface area contributed by atoms with E-state index in [4.69, 9.17) is 0 Å². The summed E-state index contributed by atoms with van der Waals surface area (Å²) in [6, 6.07) is 10.4. The fraction of sp³-hybridized carbons (Fsp3) is 0.500. The highest BCUT2D eigenvalue weighted by Gasteiger charge is 2.40. The van der Waals surface area contributed by atoms with E-state index in [9.17, 15) is 9.90 Å². The van der Waals surface area contributed by atoms with Crippen LogP contribution >= 0.6 is 0 Å². The van der Waals surface area contributed by atoms with Gasteiger partial charge in [-0.15, -0.1) is 0 Å². The molecule has 140 valence electrons. The van der Waals surface area contributed by atoms with E-state index in [1.54, 1.807) is 9.58 Å². The molecule has 0 spiro atoms. The molecule has 1 aromatic heterocycles. The molecular formula is C20H28N4O2. The molecule has 1 aromatic carbocycles. The van der Waals surface area contributed by atoms with E-state index in [2.05, 4.69) is 22.1 Å². The van der Waals surface area contributed by atoms with Crippen molar-refractivity contribution in [2.24, 2.45) is 13.0 Å². The predicted octanol–water partition coefficient (Wildman–Crippen LogP) is 1.48. The molecule has 6 heteroatoms. The molecule has 1 amide bonds. The fourth-order valence-electron chi connectivity index (χ4n) is 3.85. The monoisotopic (exact) mass is 356 g/mol. The topological polar surface area (TPSA) is 61.6 Å². The van der Waals surface area contributed by atoms with Crippen molar-refractivity contribution in [1.29, 1.82) is 0 Å². The Hall–Kier alpha value is -2.18. The van der Waals surface area contributed by atoms with Gasteiger partial charge in [0.1, 0.15) is 0 Å². The third-order valence-electron chi connectivity index (χ3n) is 5.18. The summed E-state index contributed by atoms with van der Waals surface area (Å²) < 4.78 is 1.79. The molecule has 1 N–H and O–H groups in total. The molecule has 0 unspecified atom stereocenters. The Labute approximate surface area is 155 Å². The Morgan fingerprint density at radius 2 is 2.08 bits per heavy atom. The summed E-state index contributed by atoms with van der Waals surface area (Å²) in [5.41, 5.74) is 2.37. The number of likely N-dealkylation sites (N-methyl/N-ethyl adjacent to an activating group) is 1. The van der Waals surface area contributed by atoms with Crippen LogP contribution in [0.25, 0.3) is 0 Å². The molecule has 6 nitrogen and oxygen atoms in total. The average molecular weight is 356 g/mol. The van der Waals surface area contributed by atoms with Crippen LogP contribution in [-0.2, 0) is 18.4 Å². The normalized spacial score (nSPS) is 20.4. The van der Waals surface area contributed by atoms with Gasteiger partial charge in [0, 0.05) is 51.9 Å². The lowest BCUT2D eigenvalue weighted by molar-refractivity contribution is -0.135. The van der Waals surface area contributed by atoms with Crippen LogP contribution in [0, 0.1) is 5.92 Å². The zero-order chi connectivity index (χ0) is 18.5. The number of hydrogen-bond donors (Lipinski definition) is 1. The molecule has 1 aliphatic rings. The number of carbonyl (C=O) groups excluding carboxylic acids is 1. The molecule has 0 saturated carbocycles. The quantitative estimate of drug-likeness (QED) is 0.816. The Balaban J connectivity index is 1.80. The Kier molecular flexibility index (Phi) is 6.06. The molecule has 0 bridgehead atoms. The summed E-state index contributed by atoms with van der Waals surface area (Å²) in [5.74, 6) is 0.160. The van der Waals surface area contributed by atoms with Gasteiger partial charge in [0.15, 0.2) is 0 Å². The van der Waals surface area contributed by atoms with E-state index in [0.29, 0.717) is 13.1 Å². The van der Waals surface area contributed by atoms with Crippen LogP contribution in [0.15, 0.2) is 42.7 Å². The maximum atomic E-state index is 13.1. The average Bonchev–Trinajstić information content (AvgIpc) is 3.26. The third-order valence-corrected chi connectivity index (χ3v) is 5.18. The van der Waals surface area contributed by atoms with E-state index in [0.717, 1.165) is 25.2 Å². The minimum absolute atomic E-state index is 0.00239. The van der Waals surface area contributed by atoms with Crippen LogP contribution in [0.3, 0.4) is 0 Å². The zero-order valence-corrected chi connectivity index (χ0v) is 15.6. The number of aryl methyl sites for hydroxylation is 1. The van der Waals surface area contributed by atoms with Crippen LogP contribution in [-0.4, -0.2) is 63.4 Å². The minimum atomic E-state index is -0.102. The SMILES string of the molecule is CCN(CCO)C(=O)[C@H]1CN(Cc2ccccc2)C[C@@H]1c1cnn(C)c1. The number of benzene rings is 1. The Morgan fingerprint density at radius 1 is 1.31 bits per heavy atom. The van der Waals surface area contributed by atoms with Gasteiger partial charge in [-0.1, -0.05) is 30.3 Å².